The number of carbonyl (C=O) groups is 2. The average molecular weight is 440 g/mol. The quantitative estimate of drug-likeness (QED) is 0.408. The Balaban J connectivity index is 2.37. The molecular formula is C19H22BrNO4S. The van der Waals surface area contributed by atoms with Gasteiger partial charge in [0.15, 0.2) is 11.5 Å². The van der Waals surface area contributed by atoms with Crippen molar-refractivity contribution in [3.63, 3.8) is 0 Å². The van der Waals surface area contributed by atoms with E-state index in [1.807, 2.05) is 26.8 Å². The lowest BCUT2D eigenvalue weighted by Crippen LogP contribution is -2.36. The van der Waals surface area contributed by atoms with Gasteiger partial charge in [0.1, 0.15) is 6.61 Å². The van der Waals surface area contributed by atoms with E-state index in [1.54, 1.807) is 18.2 Å². The molecule has 1 heterocycles. The molecule has 2 rings (SSSR count). The number of ether oxygens (including phenoxy) is 2. The lowest BCUT2D eigenvalue weighted by Gasteiger charge is -2.19. The lowest BCUT2D eigenvalue weighted by atomic mass is 10.1. The number of amides is 2. The predicted molar refractivity (Wildman–Crippen MR) is 109 cm³/mol. The Morgan fingerprint density at radius 2 is 2.04 bits per heavy atom. The van der Waals surface area contributed by atoms with Gasteiger partial charge in [-0.25, -0.2) is 0 Å². The van der Waals surface area contributed by atoms with Crippen LogP contribution in [0.25, 0.3) is 6.08 Å². The Kier molecular flexibility index (Phi) is 7.34. The molecule has 0 aromatic heterocycles. The number of rotatable bonds is 8. The zero-order valence-corrected chi connectivity index (χ0v) is 17.5. The summed E-state index contributed by atoms with van der Waals surface area (Å²) in [5.74, 6) is 0.892. The second-order valence-electron chi connectivity index (χ2n) is 5.67. The molecule has 26 heavy (non-hydrogen) atoms. The molecule has 2 amide bonds. The number of carbonyl (C=O) groups excluding carboxylic acids is 2. The van der Waals surface area contributed by atoms with Crippen LogP contribution in [0.15, 0.2) is 34.2 Å². The van der Waals surface area contributed by atoms with Gasteiger partial charge in [0.05, 0.1) is 16.0 Å². The van der Waals surface area contributed by atoms with Gasteiger partial charge in [0.25, 0.3) is 11.1 Å². The summed E-state index contributed by atoms with van der Waals surface area (Å²) >= 11 is 4.44. The van der Waals surface area contributed by atoms with Gasteiger partial charge in [-0.15, -0.1) is 0 Å². The second-order valence-corrected chi connectivity index (χ2v) is 7.52. The Bertz CT molecular complexity index is 747. The number of nitrogens with zero attached hydrogens (tertiary/aromatic N) is 1. The minimum atomic E-state index is -0.254. The van der Waals surface area contributed by atoms with Gasteiger partial charge in [0, 0.05) is 6.04 Å². The number of hydrogen-bond acceptors (Lipinski definition) is 5. The molecule has 1 aliphatic heterocycles. The third-order valence-corrected chi connectivity index (χ3v) is 5.30. The molecule has 1 atom stereocenters. The van der Waals surface area contributed by atoms with Gasteiger partial charge in [-0.3, -0.25) is 14.5 Å². The summed E-state index contributed by atoms with van der Waals surface area (Å²) in [4.78, 5) is 26.4. The first-order chi connectivity index (χ1) is 12.4. The van der Waals surface area contributed by atoms with Crippen molar-refractivity contribution in [3.8, 4) is 11.5 Å². The molecule has 1 saturated heterocycles. The van der Waals surface area contributed by atoms with E-state index >= 15 is 0 Å². The van der Waals surface area contributed by atoms with Crippen LogP contribution in [-0.4, -0.2) is 35.3 Å². The second kappa shape index (κ2) is 9.28. The topological polar surface area (TPSA) is 55.8 Å². The monoisotopic (exact) mass is 439 g/mol. The van der Waals surface area contributed by atoms with Crippen molar-refractivity contribution in [2.75, 3.05) is 13.2 Å². The molecule has 0 saturated carbocycles. The number of thioether (sulfide) groups is 1. The molecule has 0 N–H and O–H groups in total. The maximum absolute atomic E-state index is 12.6. The molecule has 0 radical (unpaired) electrons. The SMILES string of the molecule is C=CCOc1c(Br)cc(/C=C2/SC(=O)N([C@H](C)CC)C2=O)cc1OCC. The summed E-state index contributed by atoms with van der Waals surface area (Å²) < 4.78 is 12.0. The van der Waals surface area contributed by atoms with E-state index in [-0.39, 0.29) is 17.2 Å². The summed E-state index contributed by atoms with van der Waals surface area (Å²) in [6.45, 7) is 10.2. The molecule has 0 aliphatic carbocycles. The van der Waals surface area contributed by atoms with E-state index in [0.717, 1.165) is 23.7 Å². The Morgan fingerprint density at radius 3 is 2.65 bits per heavy atom. The van der Waals surface area contributed by atoms with E-state index in [9.17, 15) is 9.59 Å². The van der Waals surface area contributed by atoms with Crippen LogP contribution in [0.2, 0.25) is 0 Å². The largest absolute Gasteiger partial charge is 0.490 e. The highest BCUT2D eigenvalue weighted by atomic mass is 79.9. The van der Waals surface area contributed by atoms with E-state index < -0.39 is 0 Å². The third-order valence-electron chi connectivity index (χ3n) is 3.83. The molecule has 0 unspecified atom stereocenters. The standard InChI is InChI=1S/C19H22BrNO4S/c1-5-8-25-17-14(20)9-13(10-15(17)24-7-3)11-16-18(22)21(12(4)6-2)19(23)26-16/h5,9-12H,1,6-8H2,2-4H3/b16-11+/t12-/m1/s1. The van der Waals surface area contributed by atoms with Gasteiger partial charge in [-0.1, -0.05) is 19.6 Å². The lowest BCUT2D eigenvalue weighted by molar-refractivity contribution is -0.124. The maximum atomic E-state index is 12.6. The fourth-order valence-electron chi connectivity index (χ4n) is 2.41. The fourth-order valence-corrected chi connectivity index (χ4v) is 3.91. The summed E-state index contributed by atoms with van der Waals surface area (Å²) in [7, 11) is 0. The molecule has 1 aliphatic rings. The Morgan fingerprint density at radius 1 is 1.31 bits per heavy atom. The summed E-state index contributed by atoms with van der Waals surface area (Å²) in [6.07, 6.45) is 4.08. The van der Waals surface area contributed by atoms with Crippen LogP contribution in [0.5, 0.6) is 11.5 Å². The predicted octanol–water partition coefficient (Wildman–Crippen LogP) is 5.25. The molecule has 1 aromatic carbocycles. The number of halogens is 1. The van der Waals surface area contributed by atoms with Gasteiger partial charge < -0.3 is 9.47 Å². The first-order valence-corrected chi connectivity index (χ1v) is 10.0. The van der Waals surface area contributed by atoms with Crippen molar-refractivity contribution in [1.82, 2.24) is 4.90 Å². The number of hydrogen-bond donors (Lipinski definition) is 0. The fraction of sp³-hybridized carbons (Fsp3) is 0.368. The van der Waals surface area contributed by atoms with E-state index in [1.165, 1.54) is 4.90 Å². The third kappa shape index (κ3) is 4.51. The normalized spacial score (nSPS) is 16.9. The van der Waals surface area contributed by atoms with Crippen molar-refractivity contribution in [2.24, 2.45) is 0 Å². The highest BCUT2D eigenvalue weighted by Crippen LogP contribution is 2.39. The molecule has 0 bridgehead atoms. The zero-order valence-electron chi connectivity index (χ0n) is 15.1. The molecule has 5 nitrogen and oxygen atoms in total. The van der Waals surface area contributed by atoms with Gasteiger partial charge in [-0.2, -0.15) is 0 Å². The van der Waals surface area contributed by atoms with Crippen molar-refractivity contribution >= 4 is 44.9 Å². The van der Waals surface area contributed by atoms with Gasteiger partial charge >= 0.3 is 0 Å². The van der Waals surface area contributed by atoms with Crippen molar-refractivity contribution in [3.05, 3.63) is 39.7 Å². The van der Waals surface area contributed by atoms with E-state index in [0.29, 0.717) is 34.1 Å². The molecule has 1 fully saturated rings. The minimum Gasteiger partial charge on any atom is -0.490 e. The van der Waals surface area contributed by atoms with Crippen LogP contribution in [0.1, 0.15) is 32.8 Å². The molecule has 140 valence electrons. The smallest absolute Gasteiger partial charge is 0.293 e. The minimum absolute atomic E-state index is 0.117. The van der Waals surface area contributed by atoms with Crippen LogP contribution in [0, 0.1) is 0 Å². The van der Waals surface area contributed by atoms with E-state index in [4.69, 9.17) is 9.47 Å². The summed E-state index contributed by atoms with van der Waals surface area (Å²) in [5, 5.41) is -0.231. The highest BCUT2D eigenvalue weighted by Gasteiger charge is 2.37. The van der Waals surface area contributed by atoms with Crippen LogP contribution < -0.4 is 9.47 Å². The van der Waals surface area contributed by atoms with Crippen molar-refractivity contribution in [1.29, 1.82) is 0 Å². The molecule has 7 heteroatoms. The van der Waals surface area contributed by atoms with Crippen LogP contribution in [0.3, 0.4) is 0 Å². The number of benzene rings is 1. The van der Waals surface area contributed by atoms with Crippen molar-refractivity contribution in [2.45, 2.75) is 33.2 Å². The maximum Gasteiger partial charge on any atom is 0.293 e. The molecule has 0 spiro atoms. The molecule has 1 aromatic rings. The summed E-state index contributed by atoms with van der Waals surface area (Å²) in [6, 6.07) is 3.51. The average Bonchev–Trinajstić information content (AvgIpc) is 2.87. The van der Waals surface area contributed by atoms with Crippen molar-refractivity contribution < 1.29 is 19.1 Å². The first kappa shape index (κ1) is 20.6. The van der Waals surface area contributed by atoms with Crippen LogP contribution in [0.4, 0.5) is 4.79 Å². The summed E-state index contributed by atoms with van der Waals surface area (Å²) in [5.41, 5.74) is 0.751. The zero-order chi connectivity index (χ0) is 19.3. The Labute approximate surface area is 166 Å². The Hall–Kier alpha value is -1.73. The van der Waals surface area contributed by atoms with E-state index in [2.05, 4.69) is 22.5 Å². The van der Waals surface area contributed by atoms with Crippen LogP contribution >= 0.6 is 27.7 Å². The molecular weight excluding hydrogens is 418 g/mol. The van der Waals surface area contributed by atoms with Gasteiger partial charge in [-0.05, 0) is 71.7 Å². The number of imide groups is 1. The highest BCUT2D eigenvalue weighted by molar-refractivity contribution is 9.10. The van der Waals surface area contributed by atoms with Crippen LogP contribution in [-0.2, 0) is 4.79 Å². The first-order valence-electron chi connectivity index (χ1n) is 8.39. The van der Waals surface area contributed by atoms with Gasteiger partial charge in [0.2, 0.25) is 0 Å².